The molecule has 0 atom stereocenters. The van der Waals surface area contributed by atoms with Crippen LogP contribution in [0.4, 0.5) is 0 Å². The molecule has 0 radical (unpaired) electrons. The van der Waals surface area contributed by atoms with Crippen molar-refractivity contribution >= 4 is 10.0 Å². The molecule has 1 aromatic carbocycles. The third-order valence-electron chi connectivity index (χ3n) is 3.43. The van der Waals surface area contributed by atoms with Crippen molar-refractivity contribution in [3.63, 3.8) is 0 Å². The first-order chi connectivity index (χ1) is 9.95. The molecule has 0 unspecified atom stereocenters. The maximum Gasteiger partial charge on any atom is 0.244 e. The van der Waals surface area contributed by atoms with E-state index in [0.717, 1.165) is 5.56 Å². The Hall–Kier alpha value is -1.66. The Morgan fingerprint density at radius 2 is 1.86 bits per heavy atom. The lowest BCUT2D eigenvalue weighted by molar-refractivity contribution is 0.579. The quantitative estimate of drug-likeness (QED) is 0.888. The number of rotatable bonds is 6. The summed E-state index contributed by atoms with van der Waals surface area (Å²) in [6.07, 6.45) is 0.667. The summed E-state index contributed by atoms with van der Waals surface area (Å²) in [5, 5.41) is 4.26. The fourth-order valence-corrected chi connectivity index (χ4v) is 3.86. The second-order valence-corrected chi connectivity index (χ2v) is 6.65. The minimum atomic E-state index is -3.51. The van der Waals surface area contributed by atoms with Crippen molar-refractivity contribution in [2.75, 3.05) is 6.54 Å². The second-order valence-electron chi connectivity index (χ2n) is 4.95. The minimum absolute atomic E-state index is 0.303. The summed E-state index contributed by atoms with van der Waals surface area (Å²) in [6, 6.07) is 9.81. The molecule has 0 amide bonds. The number of hydrogen-bond acceptors (Lipinski definition) is 3. The van der Waals surface area contributed by atoms with E-state index in [-0.39, 0.29) is 0 Å². The second kappa shape index (κ2) is 6.41. The van der Waals surface area contributed by atoms with Crippen molar-refractivity contribution in [1.82, 2.24) is 14.5 Å². The average molecular weight is 307 g/mol. The predicted octanol–water partition coefficient (Wildman–Crippen LogP) is 2.04. The van der Waals surface area contributed by atoms with E-state index in [0.29, 0.717) is 35.8 Å². The molecule has 21 heavy (non-hydrogen) atoms. The molecule has 0 fully saturated rings. The standard InChI is InChI=1S/C15H21N3O2S/c1-4-18-13(3)15(12(2)17-18)21(19,20)16-11-10-14-8-6-5-7-9-14/h5-9,16H,4,10-11H2,1-3H3. The Morgan fingerprint density at radius 1 is 1.19 bits per heavy atom. The average Bonchev–Trinajstić information content (AvgIpc) is 2.74. The summed E-state index contributed by atoms with van der Waals surface area (Å²) in [4.78, 5) is 0.303. The van der Waals surface area contributed by atoms with E-state index in [4.69, 9.17) is 0 Å². The molecule has 6 heteroatoms. The molecule has 0 bridgehead atoms. The van der Waals surface area contributed by atoms with Crippen molar-refractivity contribution < 1.29 is 8.42 Å². The van der Waals surface area contributed by atoms with Gasteiger partial charge in [-0.15, -0.1) is 0 Å². The lowest BCUT2D eigenvalue weighted by Crippen LogP contribution is -2.27. The van der Waals surface area contributed by atoms with Gasteiger partial charge in [-0.05, 0) is 32.8 Å². The van der Waals surface area contributed by atoms with E-state index in [1.807, 2.05) is 37.3 Å². The van der Waals surface area contributed by atoms with Crippen LogP contribution < -0.4 is 4.72 Å². The smallest absolute Gasteiger partial charge is 0.244 e. The van der Waals surface area contributed by atoms with E-state index in [1.54, 1.807) is 18.5 Å². The molecule has 0 saturated carbocycles. The largest absolute Gasteiger partial charge is 0.268 e. The van der Waals surface area contributed by atoms with Gasteiger partial charge >= 0.3 is 0 Å². The molecule has 2 aromatic rings. The molecule has 1 N–H and O–H groups in total. The summed E-state index contributed by atoms with van der Waals surface area (Å²) in [5.41, 5.74) is 2.33. The zero-order valence-corrected chi connectivity index (χ0v) is 13.4. The van der Waals surface area contributed by atoms with Crippen LogP contribution in [-0.2, 0) is 23.0 Å². The van der Waals surface area contributed by atoms with Crippen LogP contribution in [0, 0.1) is 13.8 Å². The van der Waals surface area contributed by atoms with Crippen LogP contribution in [-0.4, -0.2) is 24.7 Å². The lowest BCUT2D eigenvalue weighted by atomic mass is 10.2. The summed E-state index contributed by atoms with van der Waals surface area (Å²) in [6.45, 7) is 6.49. The van der Waals surface area contributed by atoms with Crippen molar-refractivity contribution in [3.8, 4) is 0 Å². The van der Waals surface area contributed by atoms with Crippen molar-refractivity contribution in [3.05, 3.63) is 47.3 Å². The van der Waals surface area contributed by atoms with Crippen LogP contribution in [0.1, 0.15) is 23.9 Å². The first-order valence-electron chi connectivity index (χ1n) is 7.03. The number of nitrogens with zero attached hydrogens (tertiary/aromatic N) is 2. The summed E-state index contributed by atoms with van der Waals surface area (Å²) < 4.78 is 29.2. The van der Waals surface area contributed by atoms with Gasteiger partial charge in [0, 0.05) is 13.1 Å². The highest BCUT2D eigenvalue weighted by molar-refractivity contribution is 7.89. The molecule has 0 spiro atoms. The summed E-state index contributed by atoms with van der Waals surface area (Å²) in [5.74, 6) is 0. The van der Waals surface area contributed by atoms with Crippen LogP contribution in [0.25, 0.3) is 0 Å². The number of benzene rings is 1. The maximum atomic E-state index is 12.4. The Balaban J connectivity index is 2.10. The molecule has 114 valence electrons. The molecular formula is C15H21N3O2S. The van der Waals surface area contributed by atoms with E-state index in [2.05, 4.69) is 9.82 Å². The summed E-state index contributed by atoms with van der Waals surface area (Å²) in [7, 11) is -3.51. The van der Waals surface area contributed by atoms with E-state index in [9.17, 15) is 8.42 Å². The van der Waals surface area contributed by atoms with Gasteiger partial charge in [0.1, 0.15) is 4.90 Å². The van der Waals surface area contributed by atoms with E-state index < -0.39 is 10.0 Å². The Bertz CT molecular complexity index is 706. The molecule has 2 rings (SSSR count). The molecule has 1 aromatic heterocycles. The third kappa shape index (κ3) is 3.51. The molecular weight excluding hydrogens is 286 g/mol. The van der Waals surface area contributed by atoms with Gasteiger partial charge in [0.15, 0.2) is 0 Å². The van der Waals surface area contributed by atoms with E-state index >= 15 is 0 Å². The molecule has 0 saturated heterocycles. The van der Waals surface area contributed by atoms with Crippen LogP contribution in [0.15, 0.2) is 35.2 Å². The van der Waals surface area contributed by atoms with Gasteiger partial charge in [-0.2, -0.15) is 5.10 Å². The van der Waals surface area contributed by atoms with Crippen molar-refractivity contribution in [2.24, 2.45) is 0 Å². The van der Waals surface area contributed by atoms with Crippen LogP contribution in [0.2, 0.25) is 0 Å². The van der Waals surface area contributed by atoms with Gasteiger partial charge < -0.3 is 0 Å². The Morgan fingerprint density at radius 3 is 2.43 bits per heavy atom. The van der Waals surface area contributed by atoms with Crippen LogP contribution in [0.5, 0.6) is 0 Å². The predicted molar refractivity (Wildman–Crippen MR) is 82.7 cm³/mol. The molecule has 5 nitrogen and oxygen atoms in total. The number of aryl methyl sites for hydroxylation is 2. The van der Waals surface area contributed by atoms with Gasteiger partial charge in [0.2, 0.25) is 10.0 Å². The molecule has 1 heterocycles. The van der Waals surface area contributed by atoms with Gasteiger partial charge in [-0.3, -0.25) is 4.68 Å². The molecule has 0 aliphatic rings. The molecule has 0 aliphatic carbocycles. The first kappa shape index (κ1) is 15.7. The highest BCUT2D eigenvalue weighted by Gasteiger charge is 2.23. The normalized spacial score (nSPS) is 11.8. The van der Waals surface area contributed by atoms with Crippen molar-refractivity contribution in [2.45, 2.75) is 38.6 Å². The van der Waals surface area contributed by atoms with Crippen molar-refractivity contribution in [1.29, 1.82) is 0 Å². The summed E-state index contributed by atoms with van der Waals surface area (Å²) >= 11 is 0. The minimum Gasteiger partial charge on any atom is -0.268 e. The van der Waals surface area contributed by atoms with Crippen LogP contribution in [0.3, 0.4) is 0 Å². The fourth-order valence-electron chi connectivity index (χ4n) is 2.42. The zero-order valence-electron chi connectivity index (χ0n) is 12.6. The lowest BCUT2D eigenvalue weighted by Gasteiger charge is -2.07. The molecule has 0 aliphatic heterocycles. The van der Waals surface area contributed by atoms with Gasteiger partial charge in [0.05, 0.1) is 11.4 Å². The Labute approximate surface area is 126 Å². The van der Waals surface area contributed by atoms with Gasteiger partial charge in [-0.25, -0.2) is 13.1 Å². The number of aromatic nitrogens is 2. The SMILES string of the molecule is CCn1nc(C)c(S(=O)(=O)NCCc2ccccc2)c1C. The highest BCUT2D eigenvalue weighted by Crippen LogP contribution is 2.19. The zero-order chi connectivity index (χ0) is 15.5. The fraction of sp³-hybridized carbons (Fsp3) is 0.400. The number of sulfonamides is 1. The Kier molecular flexibility index (Phi) is 4.80. The van der Waals surface area contributed by atoms with Gasteiger partial charge in [0.25, 0.3) is 0 Å². The van der Waals surface area contributed by atoms with E-state index in [1.165, 1.54) is 0 Å². The van der Waals surface area contributed by atoms with Crippen LogP contribution >= 0.6 is 0 Å². The monoisotopic (exact) mass is 307 g/mol. The number of hydrogen-bond donors (Lipinski definition) is 1. The van der Waals surface area contributed by atoms with Gasteiger partial charge in [-0.1, -0.05) is 30.3 Å². The highest BCUT2D eigenvalue weighted by atomic mass is 32.2. The topological polar surface area (TPSA) is 64.0 Å². The first-order valence-corrected chi connectivity index (χ1v) is 8.51. The third-order valence-corrected chi connectivity index (χ3v) is 5.14. The number of nitrogens with one attached hydrogen (secondary N) is 1. The maximum absolute atomic E-state index is 12.4.